The van der Waals surface area contributed by atoms with E-state index in [4.69, 9.17) is 14.2 Å². The second-order valence-electron chi connectivity index (χ2n) is 9.38. The van der Waals surface area contributed by atoms with Crippen LogP contribution in [-0.2, 0) is 14.3 Å². The molecule has 1 aromatic heterocycles. The normalized spacial score (nSPS) is 19.1. The molecule has 40 heavy (non-hydrogen) atoms. The molecule has 5 rings (SSSR count). The molecule has 0 radical (unpaired) electrons. The van der Waals surface area contributed by atoms with Gasteiger partial charge in [0.1, 0.15) is 24.2 Å². The highest BCUT2D eigenvalue weighted by Crippen LogP contribution is 2.28. The first-order chi connectivity index (χ1) is 19.4. The third-order valence-electron chi connectivity index (χ3n) is 6.68. The number of non-ortho nitro benzene ring substituents is 1. The third kappa shape index (κ3) is 6.49. The number of hydrogen-bond donors (Lipinski definition) is 1. The van der Waals surface area contributed by atoms with Gasteiger partial charge in [0.2, 0.25) is 5.95 Å². The molecule has 1 aliphatic carbocycles. The predicted molar refractivity (Wildman–Crippen MR) is 140 cm³/mol. The van der Waals surface area contributed by atoms with Crippen LogP contribution >= 0.6 is 0 Å². The number of halogens is 1. The van der Waals surface area contributed by atoms with E-state index in [1.54, 1.807) is 29.2 Å². The van der Waals surface area contributed by atoms with Gasteiger partial charge in [0.15, 0.2) is 5.82 Å². The molecule has 13 heteroatoms. The van der Waals surface area contributed by atoms with Gasteiger partial charge in [-0.2, -0.15) is 0 Å². The quantitative estimate of drug-likeness (QED) is 0.193. The van der Waals surface area contributed by atoms with Crippen LogP contribution in [-0.4, -0.2) is 58.9 Å². The summed E-state index contributed by atoms with van der Waals surface area (Å²) in [5.41, 5.74) is 1.17. The first kappa shape index (κ1) is 26.9. The average Bonchev–Trinajstić information content (AvgIpc) is 2.96. The van der Waals surface area contributed by atoms with Crippen molar-refractivity contribution in [2.75, 3.05) is 30.0 Å². The van der Waals surface area contributed by atoms with Crippen LogP contribution in [0.5, 0.6) is 5.75 Å². The Morgan fingerprint density at radius 3 is 2.65 bits per heavy atom. The smallest absolute Gasteiger partial charge is 0.431 e. The third-order valence-corrected chi connectivity index (χ3v) is 6.68. The van der Waals surface area contributed by atoms with Crippen molar-refractivity contribution >= 4 is 29.4 Å². The van der Waals surface area contributed by atoms with E-state index in [-0.39, 0.29) is 47.7 Å². The summed E-state index contributed by atoms with van der Waals surface area (Å²) in [4.78, 5) is 44.7. The minimum atomic E-state index is -0.877. The molecular weight excluding hydrogens is 525 g/mol. The monoisotopic (exact) mass is 551 g/mol. The molecule has 0 atom stereocenters. The van der Waals surface area contributed by atoms with Crippen molar-refractivity contribution in [2.24, 2.45) is 0 Å². The Kier molecular flexibility index (Phi) is 8.10. The fourth-order valence-corrected chi connectivity index (χ4v) is 4.65. The molecule has 1 aliphatic heterocycles. The first-order valence-corrected chi connectivity index (χ1v) is 12.8. The number of nitro benzene ring substituents is 1. The number of rotatable bonds is 7. The van der Waals surface area contributed by atoms with Crippen LogP contribution in [0.4, 0.5) is 26.5 Å². The van der Waals surface area contributed by atoms with E-state index in [0.29, 0.717) is 50.1 Å². The van der Waals surface area contributed by atoms with E-state index < -0.39 is 16.9 Å². The number of ether oxygens (including phenoxy) is 3. The molecule has 1 N–H and O–H groups in total. The summed E-state index contributed by atoms with van der Waals surface area (Å²) in [5.74, 6) is -0.323. The molecule has 2 fully saturated rings. The SMILES string of the molecule is O=C(Oc1ccc([N+](=O)[O-])cc1)O[C@H]1CC[C@H](Nc2ncc(F)c(-c3cccc(N4CCOCC4=O)c3)n2)CC1. The largest absolute Gasteiger partial charge is 0.514 e. The number of anilines is 2. The van der Waals surface area contributed by atoms with Gasteiger partial charge in [-0.25, -0.2) is 19.2 Å². The molecule has 1 amide bonds. The molecule has 0 unspecified atom stereocenters. The van der Waals surface area contributed by atoms with Gasteiger partial charge < -0.3 is 24.4 Å². The lowest BCUT2D eigenvalue weighted by atomic mass is 9.93. The number of hydrogen-bond acceptors (Lipinski definition) is 10. The zero-order valence-corrected chi connectivity index (χ0v) is 21.3. The standard InChI is InChI=1S/C27H26FN5O7/c28-23-15-29-26(31-25(23)17-2-1-3-20(14-17)32-12-13-38-16-24(32)34)30-18-4-8-21(9-5-18)39-27(35)40-22-10-6-19(7-11-22)33(36)37/h1-3,6-7,10-11,14-15,18,21H,4-5,8-9,12-13,16H2,(H,29,30,31)/t18-,21-. The molecule has 0 bridgehead atoms. The summed E-state index contributed by atoms with van der Waals surface area (Å²) in [6, 6.07) is 12.1. The van der Waals surface area contributed by atoms with Crippen molar-refractivity contribution in [3.8, 4) is 17.0 Å². The second kappa shape index (κ2) is 12.0. The van der Waals surface area contributed by atoms with Gasteiger partial charge in [-0.1, -0.05) is 12.1 Å². The molecule has 0 spiro atoms. The van der Waals surface area contributed by atoms with E-state index in [1.165, 1.54) is 24.3 Å². The van der Waals surface area contributed by atoms with Gasteiger partial charge in [0.25, 0.3) is 11.6 Å². The van der Waals surface area contributed by atoms with E-state index in [9.17, 15) is 24.1 Å². The summed E-state index contributed by atoms with van der Waals surface area (Å²) in [7, 11) is 0. The summed E-state index contributed by atoms with van der Waals surface area (Å²) in [6.07, 6.45) is 2.32. The lowest BCUT2D eigenvalue weighted by molar-refractivity contribution is -0.384. The van der Waals surface area contributed by atoms with Crippen molar-refractivity contribution in [2.45, 2.75) is 37.8 Å². The van der Waals surface area contributed by atoms with Gasteiger partial charge >= 0.3 is 6.16 Å². The number of aromatic nitrogens is 2. The van der Waals surface area contributed by atoms with E-state index >= 15 is 0 Å². The van der Waals surface area contributed by atoms with Crippen LogP contribution in [0.1, 0.15) is 25.7 Å². The summed E-state index contributed by atoms with van der Waals surface area (Å²) >= 11 is 0. The lowest BCUT2D eigenvalue weighted by Gasteiger charge is -2.28. The van der Waals surface area contributed by atoms with Crippen LogP contribution < -0.4 is 15.0 Å². The van der Waals surface area contributed by atoms with Crippen molar-refractivity contribution < 1.29 is 33.1 Å². The van der Waals surface area contributed by atoms with Crippen LogP contribution in [0.2, 0.25) is 0 Å². The first-order valence-electron chi connectivity index (χ1n) is 12.8. The molecule has 12 nitrogen and oxygen atoms in total. The van der Waals surface area contributed by atoms with Crippen LogP contribution in [0.25, 0.3) is 11.3 Å². The number of benzene rings is 2. The Hall–Kier alpha value is -4.65. The molecular formula is C27H26FN5O7. The molecule has 1 saturated carbocycles. The highest BCUT2D eigenvalue weighted by atomic mass is 19.1. The van der Waals surface area contributed by atoms with Crippen molar-refractivity contribution in [3.05, 3.63) is 70.7 Å². The van der Waals surface area contributed by atoms with E-state index in [0.717, 1.165) is 6.20 Å². The molecule has 2 aliphatic rings. The Bertz CT molecular complexity index is 1400. The van der Waals surface area contributed by atoms with Crippen LogP contribution in [0, 0.1) is 15.9 Å². The number of carbonyl (C=O) groups is 2. The van der Waals surface area contributed by atoms with Crippen LogP contribution in [0.15, 0.2) is 54.7 Å². The zero-order chi connectivity index (χ0) is 28.1. The Morgan fingerprint density at radius 2 is 1.93 bits per heavy atom. The molecule has 3 aromatic rings. The number of nitrogens with zero attached hydrogens (tertiary/aromatic N) is 4. The minimum Gasteiger partial charge on any atom is -0.431 e. The van der Waals surface area contributed by atoms with Gasteiger partial charge in [-0.3, -0.25) is 14.9 Å². The Balaban J connectivity index is 1.16. The maximum absolute atomic E-state index is 14.7. The minimum absolute atomic E-state index is 0.00835. The van der Waals surface area contributed by atoms with Gasteiger partial charge in [0.05, 0.1) is 17.7 Å². The van der Waals surface area contributed by atoms with Crippen molar-refractivity contribution in [1.29, 1.82) is 0 Å². The zero-order valence-electron chi connectivity index (χ0n) is 21.3. The lowest BCUT2D eigenvalue weighted by Crippen LogP contribution is -2.41. The summed E-state index contributed by atoms with van der Waals surface area (Å²) in [5, 5.41) is 14.0. The number of nitro groups is 1. The number of nitrogens with one attached hydrogen (secondary N) is 1. The molecule has 1 saturated heterocycles. The van der Waals surface area contributed by atoms with Crippen molar-refractivity contribution in [3.63, 3.8) is 0 Å². The summed E-state index contributed by atoms with van der Waals surface area (Å²) < 4.78 is 30.4. The summed E-state index contributed by atoms with van der Waals surface area (Å²) in [6.45, 7) is 0.858. The fourth-order valence-electron chi connectivity index (χ4n) is 4.65. The van der Waals surface area contributed by atoms with Gasteiger partial charge in [-0.05, 0) is 49.9 Å². The molecule has 208 valence electrons. The van der Waals surface area contributed by atoms with E-state index in [2.05, 4.69) is 15.3 Å². The van der Waals surface area contributed by atoms with Crippen LogP contribution in [0.3, 0.4) is 0 Å². The highest BCUT2D eigenvalue weighted by molar-refractivity contribution is 5.95. The van der Waals surface area contributed by atoms with Crippen molar-refractivity contribution in [1.82, 2.24) is 9.97 Å². The number of amides is 1. The average molecular weight is 552 g/mol. The number of carbonyl (C=O) groups excluding carboxylic acids is 2. The molecule has 2 heterocycles. The second-order valence-corrected chi connectivity index (χ2v) is 9.38. The predicted octanol–water partition coefficient (Wildman–Crippen LogP) is 4.49. The Labute approximate surface area is 228 Å². The van der Waals surface area contributed by atoms with E-state index in [1.807, 2.05) is 0 Å². The fraction of sp³-hybridized carbons (Fsp3) is 0.333. The van der Waals surface area contributed by atoms with Gasteiger partial charge in [0, 0.05) is 36.0 Å². The maximum atomic E-state index is 14.7. The maximum Gasteiger partial charge on any atom is 0.514 e. The Morgan fingerprint density at radius 1 is 1.15 bits per heavy atom. The van der Waals surface area contributed by atoms with Gasteiger partial charge in [-0.15, -0.1) is 0 Å². The number of morpholine rings is 1. The topological polar surface area (TPSA) is 146 Å². The molecule has 2 aromatic carbocycles. The highest BCUT2D eigenvalue weighted by Gasteiger charge is 2.26.